The Morgan fingerprint density at radius 3 is 3.00 bits per heavy atom. The highest BCUT2D eigenvalue weighted by Crippen LogP contribution is 2.25. The van der Waals surface area contributed by atoms with Crippen LogP contribution in [-0.2, 0) is 0 Å². The number of hydrogen-bond donors (Lipinski definition) is 1. The highest BCUT2D eigenvalue weighted by molar-refractivity contribution is 9.10. The molecule has 98 valence electrons. The molecule has 4 heteroatoms. The van der Waals surface area contributed by atoms with Crippen molar-refractivity contribution in [1.82, 2.24) is 5.32 Å². The summed E-state index contributed by atoms with van der Waals surface area (Å²) in [7, 11) is 1.60. The van der Waals surface area contributed by atoms with Crippen LogP contribution in [0.1, 0.15) is 36.0 Å². The molecule has 18 heavy (non-hydrogen) atoms. The first-order chi connectivity index (χ1) is 8.70. The molecular formula is C14H18BrNO2. The highest BCUT2D eigenvalue weighted by Gasteiger charge is 2.19. The Balaban J connectivity index is 2.09. The van der Waals surface area contributed by atoms with Gasteiger partial charge in [0.2, 0.25) is 0 Å². The molecule has 1 atom stereocenters. The minimum Gasteiger partial charge on any atom is -0.496 e. The molecule has 1 aliphatic rings. The van der Waals surface area contributed by atoms with Gasteiger partial charge in [-0.15, -0.1) is 0 Å². The SMILES string of the molecule is COc1ccc(Br)cc1C(=O)CC1CCCCN1. The Morgan fingerprint density at radius 1 is 1.50 bits per heavy atom. The van der Waals surface area contributed by atoms with Gasteiger partial charge in [0, 0.05) is 16.9 Å². The van der Waals surface area contributed by atoms with Crippen molar-refractivity contribution in [3.8, 4) is 5.75 Å². The van der Waals surface area contributed by atoms with Gasteiger partial charge in [0.15, 0.2) is 5.78 Å². The summed E-state index contributed by atoms with van der Waals surface area (Å²) >= 11 is 3.40. The Bertz CT molecular complexity index is 428. The van der Waals surface area contributed by atoms with Gasteiger partial charge in [0.05, 0.1) is 12.7 Å². The van der Waals surface area contributed by atoms with E-state index < -0.39 is 0 Å². The monoisotopic (exact) mass is 311 g/mol. The van der Waals surface area contributed by atoms with Crippen LogP contribution in [0.4, 0.5) is 0 Å². The molecule has 3 nitrogen and oxygen atoms in total. The van der Waals surface area contributed by atoms with Crippen molar-refractivity contribution >= 4 is 21.7 Å². The number of halogens is 1. The molecule has 0 spiro atoms. The smallest absolute Gasteiger partial charge is 0.168 e. The molecule has 0 aliphatic carbocycles. The Labute approximate surface area is 116 Å². The summed E-state index contributed by atoms with van der Waals surface area (Å²) < 4.78 is 6.15. The summed E-state index contributed by atoms with van der Waals surface area (Å²) in [4.78, 5) is 12.3. The summed E-state index contributed by atoms with van der Waals surface area (Å²) in [6.07, 6.45) is 4.06. The Kier molecular flexibility index (Phi) is 4.78. The third kappa shape index (κ3) is 3.33. The molecule has 1 fully saturated rings. The molecule has 0 saturated carbocycles. The molecule has 0 bridgehead atoms. The third-order valence-corrected chi connectivity index (χ3v) is 3.80. The minimum atomic E-state index is 0.146. The number of methoxy groups -OCH3 is 1. The van der Waals surface area contributed by atoms with Crippen LogP contribution in [0.15, 0.2) is 22.7 Å². The van der Waals surface area contributed by atoms with Crippen molar-refractivity contribution in [3.63, 3.8) is 0 Å². The van der Waals surface area contributed by atoms with Crippen LogP contribution in [-0.4, -0.2) is 25.5 Å². The van der Waals surface area contributed by atoms with E-state index in [0.29, 0.717) is 23.8 Å². The molecule has 1 aromatic carbocycles. The molecule has 1 saturated heterocycles. The standard InChI is InChI=1S/C14H18BrNO2/c1-18-14-6-5-10(15)8-12(14)13(17)9-11-4-2-3-7-16-11/h5-6,8,11,16H,2-4,7,9H2,1H3. The van der Waals surface area contributed by atoms with Crippen molar-refractivity contribution in [2.75, 3.05) is 13.7 Å². The number of carbonyl (C=O) groups excluding carboxylic acids is 1. The summed E-state index contributed by atoms with van der Waals surface area (Å²) in [6, 6.07) is 5.86. The molecule has 1 unspecified atom stereocenters. The minimum absolute atomic E-state index is 0.146. The topological polar surface area (TPSA) is 38.3 Å². The van der Waals surface area contributed by atoms with Crippen molar-refractivity contribution in [2.24, 2.45) is 0 Å². The van der Waals surface area contributed by atoms with E-state index in [1.807, 2.05) is 18.2 Å². The van der Waals surface area contributed by atoms with Crippen LogP contribution in [0.2, 0.25) is 0 Å². The van der Waals surface area contributed by atoms with Gasteiger partial charge >= 0.3 is 0 Å². The Hall–Kier alpha value is -0.870. The predicted octanol–water partition coefficient (Wildman–Crippen LogP) is 3.17. The third-order valence-electron chi connectivity index (χ3n) is 3.31. The van der Waals surface area contributed by atoms with Crippen LogP contribution < -0.4 is 10.1 Å². The van der Waals surface area contributed by atoms with E-state index in [9.17, 15) is 4.79 Å². The predicted molar refractivity (Wildman–Crippen MR) is 75.3 cm³/mol. The van der Waals surface area contributed by atoms with Crippen LogP contribution >= 0.6 is 15.9 Å². The lowest BCUT2D eigenvalue weighted by molar-refractivity contribution is 0.0960. The molecule has 0 radical (unpaired) electrons. The second-order valence-corrected chi connectivity index (χ2v) is 5.53. The zero-order chi connectivity index (χ0) is 13.0. The van der Waals surface area contributed by atoms with E-state index >= 15 is 0 Å². The average molecular weight is 312 g/mol. The molecule has 1 heterocycles. The molecule has 1 aromatic rings. The van der Waals surface area contributed by atoms with E-state index in [1.54, 1.807) is 7.11 Å². The van der Waals surface area contributed by atoms with Crippen LogP contribution in [0.3, 0.4) is 0 Å². The number of rotatable bonds is 4. The molecule has 1 N–H and O–H groups in total. The summed E-state index contributed by atoms with van der Waals surface area (Å²) in [6.45, 7) is 1.02. The quantitative estimate of drug-likeness (QED) is 0.868. The van der Waals surface area contributed by atoms with Gasteiger partial charge in [-0.05, 0) is 37.6 Å². The zero-order valence-electron chi connectivity index (χ0n) is 10.5. The maximum absolute atomic E-state index is 12.3. The number of Topliss-reactive ketones (excluding diaryl/α,β-unsaturated/α-hetero) is 1. The van der Waals surface area contributed by atoms with E-state index in [0.717, 1.165) is 17.4 Å². The maximum Gasteiger partial charge on any atom is 0.168 e. The van der Waals surface area contributed by atoms with Gasteiger partial charge in [-0.25, -0.2) is 0 Å². The second kappa shape index (κ2) is 6.34. The number of hydrogen-bond acceptors (Lipinski definition) is 3. The van der Waals surface area contributed by atoms with E-state index in [-0.39, 0.29) is 5.78 Å². The van der Waals surface area contributed by atoms with Gasteiger partial charge < -0.3 is 10.1 Å². The second-order valence-electron chi connectivity index (χ2n) is 4.62. The number of ketones is 1. The lowest BCUT2D eigenvalue weighted by Gasteiger charge is -2.23. The van der Waals surface area contributed by atoms with E-state index in [2.05, 4.69) is 21.2 Å². The van der Waals surface area contributed by atoms with E-state index in [4.69, 9.17) is 4.74 Å². The van der Waals surface area contributed by atoms with Gasteiger partial charge in [0.25, 0.3) is 0 Å². The van der Waals surface area contributed by atoms with Crippen molar-refractivity contribution in [2.45, 2.75) is 31.7 Å². The number of benzene rings is 1. The van der Waals surface area contributed by atoms with Crippen LogP contribution in [0.5, 0.6) is 5.75 Å². The van der Waals surface area contributed by atoms with Gasteiger partial charge in [-0.1, -0.05) is 22.4 Å². The number of nitrogens with one attached hydrogen (secondary N) is 1. The fourth-order valence-electron chi connectivity index (χ4n) is 2.33. The van der Waals surface area contributed by atoms with Gasteiger partial charge in [-0.3, -0.25) is 4.79 Å². The first-order valence-corrected chi connectivity index (χ1v) is 7.10. The van der Waals surface area contributed by atoms with Crippen molar-refractivity contribution in [3.05, 3.63) is 28.2 Å². The normalized spacial score (nSPS) is 19.6. The molecule has 0 aromatic heterocycles. The zero-order valence-corrected chi connectivity index (χ0v) is 12.1. The highest BCUT2D eigenvalue weighted by atomic mass is 79.9. The lowest BCUT2D eigenvalue weighted by atomic mass is 9.96. The largest absolute Gasteiger partial charge is 0.496 e. The number of piperidine rings is 1. The first-order valence-electron chi connectivity index (χ1n) is 6.31. The number of ether oxygens (including phenoxy) is 1. The summed E-state index contributed by atoms with van der Waals surface area (Å²) in [5, 5.41) is 3.40. The molecular weight excluding hydrogens is 294 g/mol. The average Bonchev–Trinajstić information content (AvgIpc) is 2.40. The van der Waals surface area contributed by atoms with Crippen molar-refractivity contribution < 1.29 is 9.53 Å². The molecule has 1 aliphatic heterocycles. The molecule has 0 amide bonds. The maximum atomic E-state index is 12.3. The van der Waals surface area contributed by atoms with Crippen LogP contribution in [0, 0.1) is 0 Å². The van der Waals surface area contributed by atoms with E-state index in [1.165, 1.54) is 12.8 Å². The lowest BCUT2D eigenvalue weighted by Crippen LogP contribution is -2.35. The fraction of sp³-hybridized carbons (Fsp3) is 0.500. The molecule has 2 rings (SSSR count). The van der Waals surface area contributed by atoms with Crippen molar-refractivity contribution in [1.29, 1.82) is 0 Å². The van der Waals surface area contributed by atoms with Gasteiger partial charge in [0.1, 0.15) is 5.75 Å². The van der Waals surface area contributed by atoms with Crippen LogP contribution in [0.25, 0.3) is 0 Å². The summed E-state index contributed by atoms with van der Waals surface area (Å²) in [5.74, 6) is 0.798. The fourth-order valence-corrected chi connectivity index (χ4v) is 2.69. The summed E-state index contributed by atoms with van der Waals surface area (Å²) in [5.41, 5.74) is 0.666. The van der Waals surface area contributed by atoms with Gasteiger partial charge in [-0.2, -0.15) is 0 Å². The Morgan fingerprint density at radius 2 is 2.33 bits per heavy atom. The number of carbonyl (C=O) groups is 1. The first kappa shape index (κ1) is 13.6.